The van der Waals surface area contributed by atoms with Gasteiger partial charge in [-0.15, -0.1) is 12.4 Å². The van der Waals surface area contributed by atoms with Gasteiger partial charge in [0, 0.05) is 19.1 Å². The van der Waals surface area contributed by atoms with Crippen LogP contribution in [0.2, 0.25) is 0 Å². The number of carbonyl (C=O) groups excluding carboxylic acids is 2. The fraction of sp³-hybridized carbons (Fsp3) is 0.647. The number of furan rings is 1. The van der Waals surface area contributed by atoms with Crippen LogP contribution in [0.4, 0.5) is 0 Å². The van der Waals surface area contributed by atoms with Crippen LogP contribution in [0.15, 0.2) is 16.7 Å². The first-order chi connectivity index (χ1) is 11.0. The summed E-state index contributed by atoms with van der Waals surface area (Å²) < 4.78 is 5.23. The summed E-state index contributed by atoms with van der Waals surface area (Å²) in [6, 6.07) is 1.86. The van der Waals surface area contributed by atoms with Gasteiger partial charge in [0.25, 0.3) is 5.91 Å². The standard InChI is InChI=1S/C17H27N3O3.ClH/c1-3-5-12(2)19-16(21)13-6-4-7-20(10-13)17(22)14-8-15(9-18)23-11-14;/h8,11-13H,3-7,9-10,18H2,1-2H3,(H,19,21);1H. The van der Waals surface area contributed by atoms with Gasteiger partial charge >= 0.3 is 0 Å². The molecule has 0 aliphatic carbocycles. The first kappa shape index (κ1) is 20.5. The Morgan fingerprint density at radius 2 is 2.25 bits per heavy atom. The van der Waals surface area contributed by atoms with Crippen molar-refractivity contribution in [2.75, 3.05) is 13.1 Å². The van der Waals surface area contributed by atoms with Crippen LogP contribution in [-0.4, -0.2) is 35.8 Å². The lowest BCUT2D eigenvalue weighted by atomic mass is 9.96. The molecule has 0 spiro atoms. The molecule has 24 heavy (non-hydrogen) atoms. The zero-order valence-corrected chi connectivity index (χ0v) is 15.2. The van der Waals surface area contributed by atoms with Crippen molar-refractivity contribution in [1.29, 1.82) is 0 Å². The molecule has 1 aliphatic heterocycles. The molecule has 2 atom stereocenters. The van der Waals surface area contributed by atoms with Crippen LogP contribution < -0.4 is 11.1 Å². The largest absolute Gasteiger partial charge is 0.467 e. The van der Waals surface area contributed by atoms with Crippen LogP contribution in [0, 0.1) is 5.92 Å². The van der Waals surface area contributed by atoms with Crippen molar-refractivity contribution >= 4 is 24.2 Å². The number of amides is 2. The Bertz CT molecular complexity index is 547. The van der Waals surface area contributed by atoms with E-state index in [4.69, 9.17) is 10.2 Å². The Labute approximate surface area is 149 Å². The molecule has 1 aliphatic rings. The molecule has 2 rings (SSSR count). The number of nitrogens with zero attached hydrogens (tertiary/aromatic N) is 1. The van der Waals surface area contributed by atoms with Crippen LogP contribution >= 0.6 is 12.4 Å². The molecular formula is C17H28ClN3O3. The third-order valence-electron chi connectivity index (χ3n) is 4.29. The number of rotatable bonds is 6. The molecule has 1 aromatic heterocycles. The number of piperidine rings is 1. The van der Waals surface area contributed by atoms with E-state index in [1.807, 2.05) is 6.92 Å². The monoisotopic (exact) mass is 357 g/mol. The third kappa shape index (κ3) is 5.24. The van der Waals surface area contributed by atoms with E-state index in [9.17, 15) is 9.59 Å². The van der Waals surface area contributed by atoms with E-state index in [0.29, 0.717) is 24.4 Å². The quantitative estimate of drug-likeness (QED) is 0.817. The highest BCUT2D eigenvalue weighted by Gasteiger charge is 2.29. The van der Waals surface area contributed by atoms with Crippen LogP contribution in [0.5, 0.6) is 0 Å². The Balaban J connectivity index is 0.00000288. The van der Waals surface area contributed by atoms with Gasteiger partial charge in [-0.1, -0.05) is 13.3 Å². The smallest absolute Gasteiger partial charge is 0.257 e. The minimum atomic E-state index is -0.132. The summed E-state index contributed by atoms with van der Waals surface area (Å²) in [6.07, 6.45) is 5.12. The van der Waals surface area contributed by atoms with E-state index in [-0.39, 0.29) is 42.7 Å². The minimum Gasteiger partial charge on any atom is -0.467 e. The molecular weight excluding hydrogens is 330 g/mol. The van der Waals surface area contributed by atoms with Crippen molar-refractivity contribution < 1.29 is 14.0 Å². The lowest BCUT2D eigenvalue weighted by Gasteiger charge is -2.32. The zero-order chi connectivity index (χ0) is 16.8. The molecule has 0 aromatic carbocycles. The average Bonchev–Trinajstić information content (AvgIpc) is 3.03. The number of carbonyl (C=O) groups is 2. The molecule has 2 heterocycles. The number of halogens is 1. The van der Waals surface area contributed by atoms with Crippen LogP contribution in [0.25, 0.3) is 0 Å². The first-order valence-corrected chi connectivity index (χ1v) is 8.42. The fourth-order valence-electron chi connectivity index (χ4n) is 3.02. The highest BCUT2D eigenvalue weighted by Crippen LogP contribution is 2.20. The molecule has 0 bridgehead atoms. The van der Waals surface area contributed by atoms with Gasteiger partial charge in [0.1, 0.15) is 12.0 Å². The van der Waals surface area contributed by atoms with E-state index < -0.39 is 0 Å². The first-order valence-electron chi connectivity index (χ1n) is 8.42. The minimum absolute atomic E-state index is 0. The van der Waals surface area contributed by atoms with Crippen molar-refractivity contribution in [1.82, 2.24) is 10.2 Å². The number of hydrogen-bond donors (Lipinski definition) is 2. The maximum atomic E-state index is 12.5. The number of hydrogen-bond acceptors (Lipinski definition) is 4. The second-order valence-corrected chi connectivity index (χ2v) is 6.29. The predicted molar refractivity (Wildman–Crippen MR) is 95.0 cm³/mol. The number of likely N-dealkylation sites (tertiary alicyclic amines) is 1. The molecule has 1 saturated heterocycles. The van der Waals surface area contributed by atoms with Gasteiger partial charge in [-0.3, -0.25) is 9.59 Å². The Hall–Kier alpha value is -1.53. The number of nitrogens with two attached hydrogens (primary N) is 1. The van der Waals surface area contributed by atoms with Crippen molar-refractivity contribution in [3.63, 3.8) is 0 Å². The molecule has 6 nitrogen and oxygen atoms in total. The van der Waals surface area contributed by atoms with Crippen LogP contribution in [0.3, 0.4) is 0 Å². The van der Waals surface area contributed by atoms with E-state index in [1.54, 1.807) is 11.0 Å². The van der Waals surface area contributed by atoms with Gasteiger partial charge in [0.2, 0.25) is 5.91 Å². The van der Waals surface area contributed by atoms with Gasteiger partial charge in [-0.05, 0) is 32.3 Å². The summed E-state index contributed by atoms with van der Waals surface area (Å²) in [5.41, 5.74) is 6.01. The molecule has 0 saturated carbocycles. The maximum absolute atomic E-state index is 12.5. The SMILES string of the molecule is CCCC(C)NC(=O)C1CCCN(C(=O)c2coc(CN)c2)C1.Cl. The highest BCUT2D eigenvalue weighted by molar-refractivity contribution is 5.94. The van der Waals surface area contributed by atoms with Gasteiger partial charge in [-0.25, -0.2) is 0 Å². The summed E-state index contributed by atoms with van der Waals surface area (Å²) in [5.74, 6) is 0.423. The van der Waals surface area contributed by atoms with Gasteiger partial charge in [0.15, 0.2) is 0 Å². The molecule has 0 radical (unpaired) electrons. The second kappa shape index (κ2) is 9.69. The van der Waals surface area contributed by atoms with Crippen LogP contribution in [0.1, 0.15) is 55.6 Å². The van der Waals surface area contributed by atoms with E-state index in [1.165, 1.54) is 6.26 Å². The molecule has 136 valence electrons. The molecule has 1 aromatic rings. The zero-order valence-electron chi connectivity index (χ0n) is 14.4. The maximum Gasteiger partial charge on any atom is 0.257 e. The van der Waals surface area contributed by atoms with Crippen LogP contribution in [-0.2, 0) is 11.3 Å². The highest BCUT2D eigenvalue weighted by atomic mass is 35.5. The van der Waals surface area contributed by atoms with Crippen molar-refractivity contribution in [2.24, 2.45) is 11.7 Å². The van der Waals surface area contributed by atoms with Gasteiger partial charge in [-0.2, -0.15) is 0 Å². The fourth-order valence-corrected chi connectivity index (χ4v) is 3.02. The van der Waals surface area contributed by atoms with Crippen molar-refractivity contribution in [2.45, 2.75) is 52.1 Å². The van der Waals surface area contributed by atoms with Crippen molar-refractivity contribution in [3.8, 4) is 0 Å². The second-order valence-electron chi connectivity index (χ2n) is 6.29. The average molecular weight is 358 g/mol. The summed E-state index contributed by atoms with van der Waals surface area (Å²) in [4.78, 5) is 26.6. The molecule has 1 fully saturated rings. The van der Waals surface area contributed by atoms with E-state index >= 15 is 0 Å². The topological polar surface area (TPSA) is 88.6 Å². The predicted octanol–water partition coefficient (Wildman–Crippen LogP) is 2.32. The van der Waals surface area contributed by atoms with Crippen molar-refractivity contribution in [3.05, 3.63) is 23.7 Å². The van der Waals surface area contributed by atoms with E-state index in [2.05, 4.69) is 12.2 Å². The van der Waals surface area contributed by atoms with Gasteiger partial charge in [0.05, 0.1) is 18.0 Å². The summed E-state index contributed by atoms with van der Waals surface area (Å²) in [7, 11) is 0. The summed E-state index contributed by atoms with van der Waals surface area (Å²) >= 11 is 0. The normalized spacial score (nSPS) is 18.6. The summed E-state index contributed by atoms with van der Waals surface area (Å²) in [6.45, 7) is 5.54. The Morgan fingerprint density at radius 3 is 2.88 bits per heavy atom. The Morgan fingerprint density at radius 1 is 1.50 bits per heavy atom. The molecule has 2 unspecified atom stereocenters. The van der Waals surface area contributed by atoms with Gasteiger partial charge < -0.3 is 20.4 Å². The third-order valence-corrected chi connectivity index (χ3v) is 4.29. The molecule has 2 amide bonds. The Kier molecular flexibility index (Phi) is 8.28. The van der Waals surface area contributed by atoms with E-state index in [0.717, 1.165) is 25.7 Å². The number of nitrogens with one attached hydrogen (secondary N) is 1. The molecule has 7 heteroatoms. The summed E-state index contributed by atoms with van der Waals surface area (Å²) in [5, 5.41) is 3.05. The lowest BCUT2D eigenvalue weighted by molar-refractivity contribution is -0.127. The lowest BCUT2D eigenvalue weighted by Crippen LogP contribution is -2.47. The molecule has 3 N–H and O–H groups in total.